The first-order chi connectivity index (χ1) is 11.8. The Balaban J connectivity index is 2.66. The van der Waals surface area contributed by atoms with Crippen molar-refractivity contribution >= 4 is 11.9 Å². The van der Waals surface area contributed by atoms with Crippen LogP contribution in [0.25, 0.3) is 0 Å². The Hall–Kier alpha value is -2.04. The highest BCUT2D eigenvalue weighted by molar-refractivity contribution is 5.93. The SMILES string of the molecule is CCNC(=NCc1ccc(C(=O)N(C)C)cc1)NC(C)CCC(C)C. The van der Waals surface area contributed by atoms with E-state index in [1.54, 1.807) is 19.0 Å². The van der Waals surface area contributed by atoms with E-state index in [4.69, 9.17) is 0 Å². The summed E-state index contributed by atoms with van der Waals surface area (Å²) in [6.45, 7) is 10.2. The summed E-state index contributed by atoms with van der Waals surface area (Å²) in [7, 11) is 3.52. The third kappa shape index (κ3) is 8.05. The Morgan fingerprint density at radius 2 is 1.76 bits per heavy atom. The molecule has 0 radical (unpaired) electrons. The van der Waals surface area contributed by atoms with Crippen LogP contribution in [0.4, 0.5) is 0 Å². The molecule has 0 aliphatic carbocycles. The van der Waals surface area contributed by atoms with Gasteiger partial charge in [-0.25, -0.2) is 4.99 Å². The summed E-state index contributed by atoms with van der Waals surface area (Å²) in [6, 6.07) is 8.04. The van der Waals surface area contributed by atoms with Gasteiger partial charge in [-0.3, -0.25) is 4.79 Å². The molecule has 1 atom stereocenters. The van der Waals surface area contributed by atoms with Gasteiger partial charge >= 0.3 is 0 Å². The number of aliphatic imine (C=N–C) groups is 1. The molecule has 0 aliphatic heterocycles. The van der Waals surface area contributed by atoms with Crippen LogP contribution in [0.1, 0.15) is 56.5 Å². The van der Waals surface area contributed by atoms with E-state index in [-0.39, 0.29) is 5.91 Å². The third-order valence-electron chi connectivity index (χ3n) is 3.93. The molecular formula is C20H34N4O. The molecule has 1 aromatic carbocycles. The monoisotopic (exact) mass is 346 g/mol. The van der Waals surface area contributed by atoms with E-state index >= 15 is 0 Å². The molecule has 0 saturated carbocycles. The molecule has 0 aromatic heterocycles. The predicted octanol–water partition coefficient (Wildman–Crippen LogP) is 3.27. The van der Waals surface area contributed by atoms with Crippen LogP contribution in [0, 0.1) is 5.92 Å². The summed E-state index contributed by atoms with van der Waals surface area (Å²) < 4.78 is 0. The number of amides is 1. The largest absolute Gasteiger partial charge is 0.357 e. The number of guanidine groups is 1. The average molecular weight is 347 g/mol. The van der Waals surface area contributed by atoms with Crippen molar-refractivity contribution in [3.05, 3.63) is 35.4 Å². The van der Waals surface area contributed by atoms with Gasteiger partial charge in [-0.1, -0.05) is 26.0 Å². The van der Waals surface area contributed by atoms with Gasteiger partial charge in [0.1, 0.15) is 0 Å². The topological polar surface area (TPSA) is 56.7 Å². The number of hydrogen-bond acceptors (Lipinski definition) is 2. The molecule has 2 N–H and O–H groups in total. The van der Waals surface area contributed by atoms with Crippen molar-refractivity contribution in [3.8, 4) is 0 Å². The van der Waals surface area contributed by atoms with Crippen molar-refractivity contribution in [2.75, 3.05) is 20.6 Å². The molecule has 1 unspecified atom stereocenters. The lowest BCUT2D eigenvalue weighted by atomic mass is 10.0. The molecule has 1 aromatic rings. The van der Waals surface area contributed by atoms with Crippen LogP contribution in [0.5, 0.6) is 0 Å². The van der Waals surface area contributed by atoms with Crippen LogP contribution in [0.2, 0.25) is 0 Å². The van der Waals surface area contributed by atoms with Crippen LogP contribution in [-0.4, -0.2) is 43.4 Å². The first-order valence-electron chi connectivity index (χ1n) is 9.18. The number of carbonyl (C=O) groups is 1. The van der Waals surface area contributed by atoms with Gasteiger partial charge in [-0.2, -0.15) is 0 Å². The van der Waals surface area contributed by atoms with Crippen molar-refractivity contribution in [2.24, 2.45) is 10.9 Å². The van der Waals surface area contributed by atoms with Gasteiger partial charge in [0.05, 0.1) is 6.54 Å². The highest BCUT2D eigenvalue weighted by atomic mass is 16.2. The second-order valence-electron chi connectivity index (χ2n) is 7.11. The van der Waals surface area contributed by atoms with Gasteiger partial charge in [0.25, 0.3) is 5.91 Å². The summed E-state index contributed by atoms with van der Waals surface area (Å²) >= 11 is 0. The summed E-state index contributed by atoms with van der Waals surface area (Å²) in [5, 5.41) is 6.76. The van der Waals surface area contributed by atoms with Crippen LogP contribution in [-0.2, 0) is 6.54 Å². The van der Waals surface area contributed by atoms with Gasteiger partial charge in [-0.05, 0) is 50.3 Å². The minimum absolute atomic E-state index is 0.0176. The van der Waals surface area contributed by atoms with Gasteiger partial charge in [0.15, 0.2) is 5.96 Å². The minimum Gasteiger partial charge on any atom is -0.357 e. The smallest absolute Gasteiger partial charge is 0.253 e. The fourth-order valence-corrected chi connectivity index (χ4v) is 2.39. The molecule has 5 heteroatoms. The van der Waals surface area contributed by atoms with Crippen LogP contribution < -0.4 is 10.6 Å². The maximum Gasteiger partial charge on any atom is 0.253 e. The Morgan fingerprint density at radius 1 is 1.12 bits per heavy atom. The molecule has 5 nitrogen and oxygen atoms in total. The fourth-order valence-electron chi connectivity index (χ4n) is 2.39. The first kappa shape index (κ1) is 21.0. The number of rotatable bonds is 8. The molecule has 0 heterocycles. The van der Waals surface area contributed by atoms with Crippen molar-refractivity contribution in [1.29, 1.82) is 0 Å². The number of nitrogens with zero attached hydrogens (tertiary/aromatic N) is 2. The van der Waals surface area contributed by atoms with Gasteiger partial charge in [-0.15, -0.1) is 0 Å². The number of hydrogen-bond donors (Lipinski definition) is 2. The lowest BCUT2D eigenvalue weighted by Gasteiger charge is -2.18. The van der Waals surface area contributed by atoms with E-state index < -0.39 is 0 Å². The normalized spacial score (nSPS) is 12.8. The summed E-state index contributed by atoms with van der Waals surface area (Å²) in [5.74, 6) is 1.57. The predicted molar refractivity (Wildman–Crippen MR) is 106 cm³/mol. The van der Waals surface area contributed by atoms with E-state index in [1.165, 1.54) is 6.42 Å². The van der Waals surface area contributed by atoms with Crippen LogP contribution in [0.15, 0.2) is 29.3 Å². The maximum absolute atomic E-state index is 11.9. The van der Waals surface area contributed by atoms with Gasteiger partial charge in [0, 0.05) is 32.2 Å². The molecule has 140 valence electrons. The molecule has 25 heavy (non-hydrogen) atoms. The van der Waals surface area contributed by atoms with Crippen LogP contribution >= 0.6 is 0 Å². The summed E-state index contributed by atoms with van der Waals surface area (Å²) in [6.07, 6.45) is 2.33. The highest BCUT2D eigenvalue weighted by Gasteiger charge is 2.08. The Morgan fingerprint density at radius 3 is 2.28 bits per heavy atom. The molecule has 0 fully saturated rings. The zero-order chi connectivity index (χ0) is 18.8. The first-order valence-corrected chi connectivity index (χ1v) is 9.18. The maximum atomic E-state index is 11.9. The molecule has 0 spiro atoms. The molecule has 1 rings (SSSR count). The van der Waals surface area contributed by atoms with Crippen molar-refractivity contribution in [3.63, 3.8) is 0 Å². The molecular weight excluding hydrogens is 312 g/mol. The van der Waals surface area contributed by atoms with E-state index in [2.05, 4.69) is 43.3 Å². The Bertz CT molecular complexity index is 549. The lowest BCUT2D eigenvalue weighted by Crippen LogP contribution is -2.42. The second-order valence-corrected chi connectivity index (χ2v) is 7.11. The Labute approximate surface area is 152 Å². The third-order valence-corrected chi connectivity index (χ3v) is 3.93. The quantitative estimate of drug-likeness (QED) is 0.561. The fraction of sp³-hybridized carbons (Fsp3) is 0.600. The number of carbonyl (C=O) groups excluding carboxylic acids is 1. The highest BCUT2D eigenvalue weighted by Crippen LogP contribution is 2.08. The van der Waals surface area contributed by atoms with Crippen LogP contribution in [0.3, 0.4) is 0 Å². The molecule has 0 saturated heterocycles. The number of nitrogens with one attached hydrogen (secondary N) is 2. The summed E-state index contributed by atoms with van der Waals surface area (Å²) in [5.41, 5.74) is 1.78. The van der Waals surface area contributed by atoms with E-state index in [0.717, 1.165) is 24.5 Å². The minimum atomic E-state index is 0.0176. The summed E-state index contributed by atoms with van der Waals surface area (Å²) in [4.78, 5) is 18.2. The average Bonchev–Trinajstić information content (AvgIpc) is 2.57. The van der Waals surface area contributed by atoms with Crippen molar-refractivity contribution in [1.82, 2.24) is 15.5 Å². The van der Waals surface area contributed by atoms with Gasteiger partial charge in [0.2, 0.25) is 0 Å². The van der Waals surface area contributed by atoms with Crippen molar-refractivity contribution in [2.45, 2.75) is 53.1 Å². The lowest BCUT2D eigenvalue weighted by molar-refractivity contribution is 0.0827. The van der Waals surface area contributed by atoms with E-state index in [1.807, 2.05) is 24.3 Å². The molecule has 1 amide bonds. The molecule has 0 aliphatic rings. The van der Waals surface area contributed by atoms with Crippen molar-refractivity contribution < 1.29 is 4.79 Å². The molecule has 0 bridgehead atoms. The second kappa shape index (κ2) is 10.7. The zero-order valence-corrected chi connectivity index (χ0v) is 16.6. The number of benzene rings is 1. The Kier molecular flexibility index (Phi) is 9.03. The van der Waals surface area contributed by atoms with E-state index in [9.17, 15) is 4.79 Å². The standard InChI is InChI=1S/C20H34N4O/c1-7-21-20(23-16(4)9-8-15(2)3)22-14-17-10-12-18(13-11-17)19(25)24(5)6/h10-13,15-16H,7-9,14H2,1-6H3,(H2,21,22,23). The zero-order valence-electron chi connectivity index (χ0n) is 16.6. The van der Waals surface area contributed by atoms with E-state index in [0.29, 0.717) is 24.1 Å². The van der Waals surface area contributed by atoms with Gasteiger partial charge < -0.3 is 15.5 Å².